The molecule has 1 fully saturated rings. The van der Waals surface area contributed by atoms with Gasteiger partial charge in [-0.05, 0) is 13.3 Å². The van der Waals surface area contributed by atoms with Crippen LogP contribution in [-0.4, -0.2) is 35.4 Å². The van der Waals surface area contributed by atoms with E-state index in [0.29, 0.717) is 19.9 Å². The summed E-state index contributed by atoms with van der Waals surface area (Å²) in [6.45, 7) is 2.65. The number of carbonyl (C=O) groups excluding carboxylic acids is 1. The number of carbonyl (C=O) groups is 1. The molecule has 2 N–H and O–H groups in total. The van der Waals surface area contributed by atoms with Gasteiger partial charge in [-0.15, -0.1) is 0 Å². The Labute approximate surface area is 75.9 Å². The summed E-state index contributed by atoms with van der Waals surface area (Å²) in [6, 6.07) is -0.454. The third kappa shape index (κ3) is 1.96. The Morgan fingerprint density at radius 1 is 1.62 bits per heavy atom. The second-order valence-electron chi connectivity index (χ2n) is 3.58. The first-order chi connectivity index (χ1) is 5.84. The van der Waals surface area contributed by atoms with E-state index in [1.165, 1.54) is 0 Å². The lowest BCUT2D eigenvalue weighted by atomic mass is 10.1. The van der Waals surface area contributed by atoms with Crippen LogP contribution in [0.2, 0.25) is 0 Å². The summed E-state index contributed by atoms with van der Waals surface area (Å²) in [5.41, 5.74) is 5.61. The lowest BCUT2D eigenvalue weighted by Gasteiger charge is -2.25. The van der Waals surface area contributed by atoms with Crippen molar-refractivity contribution < 1.29 is 13.6 Å². The lowest BCUT2D eigenvalue weighted by molar-refractivity contribution is -0.155. The molecule has 3 nitrogen and oxygen atoms in total. The van der Waals surface area contributed by atoms with Gasteiger partial charge in [0.25, 0.3) is 5.91 Å². The summed E-state index contributed by atoms with van der Waals surface area (Å²) in [5.74, 6) is -4.40. The van der Waals surface area contributed by atoms with Crippen molar-refractivity contribution in [1.82, 2.24) is 4.90 Å². The fourth-order valence-corrected chi connectivity index (χ4v) is 1.50. The molecule has 0 aromatic heterocycles. The van der Waals surface area contributed by atoms with Gasteiger partial charge in [-0.3, -0.25) is 4.79 Å². The molecule has 2 atom stereocenters. The summed E-state index contributed by atoms with van der Waals surface area (Å²) >= 11 is 0. The normalized spacial score (nSPS) is 29.5. The zero-order valence-electron chi connectivity index (χ0n) is 7.76. The van der Waals surface area contributed by atoms with E-state index in [0.717, 1.165) is 4.90 Å². The number of halogens is 2. The Morgan fingerprint density at radius 2 is 2.15 bits per heavy atom. The van der Waals surface area contributed by atoms with Gasteiger partial charge < -0.3 is 10.6 Å². The molecule has 0 spiro atoms. The fourth-order valence-electron chi connectivity index (χ4n) is 1.50. The maximum absolute atomic E-state index is 12.6. The minimum atomic E-state index is -3.28. The average Bonchev–Trinajstić information content (AvgIpc) is 2.30. The maximum atomic E-state index is 12.6. The first-order valence-electron chi connectivity index (χ1n) is 4.28. The number of nitrogens with zero attached hydrogens (tertiary/aromatic N) is 1. The second kappa shape index (κ2) is 3.21. The molecule has 0 aromatic rings. The van der Waals surface area contributed by atoms with Crippen molar-refractivity contribution in [2.24, 2.45) is 5.73 Å². The van der Waals surface area contributed by atoms with Crippen LogP contribution in [0.5, 0.6) is 0 Å². The van der Waals surface area contributed by atoms with Crippen LogP contribution in [-0.2, 0) is 4.79 Å². The van der Waals surface area contributed by atoms with E-state index in [1.807, 2.05) is 0 Å². The van der Waals surface area contributed by atoms with Crippen molar-refractivity contribution >= 4 is 5.91 Å². The predicted molar refractivity (Wildman–Crippen MR) is 44.4 cm³/mol. The number of nitrogens with two attached hydrogens (primary N) is 1. The summed E-state index contributed by atoms with van der Waals surface area (Å²) in [7, 11) is 0. The Balaban J connectivity index is 2.69. The highest BCUT2D eigenvalue weighted by molar-refractivity contribution is 5.83. The van der Waals surface area contributed by atoms with E-state index in [9.17, 15) is 13.6 Å². The molecule has 0 bridgehead atoms. The fraction of sp³-hybridized carbons (Fsp3) is 0.875. The van der Waals surface area contributed by atoms with E-state index >= 15 is 0 Å². The molecule has 13 heavy (non-hydrogen) atoms. The third-order valence-corrected chi connectivity index (χ3v) is 2.45. The third-order valence-electron chi connectivity index (χ3n) is 2.45. The monoisotopic (exact) mass is 192 g/mol. The van der Waals surface area contributed by atoms with E-state index < -0.39 is 11.8 Å². The summed E-state index contributed by atoms with van der Waals surface area (Å²) < 4.78 is 25.3. The lowest BCUT2D eigenvalue weighted by Crippen LogP contribution is -2.46. The van der Waals surface area contributed by atoms with Gasteiger partial charge in [0.15, 0.2) is 0 Å². The van der Waals surface area contributed by atoms with Crippen molar-refractivity contribution in [3.63, 3.8) is 0 Å². The minimum absolute atomic E-state index is 0.175. The number of hydrogen-bond donors (Lipinski definition) is 1. The molecule has 5 heteroatoms. The van der Waals surface area contributed by atoms with Crippen LogP contribution >= 0.6 is 0 Å². The van der Waals surface area contributed by atoms with Crippen LogP contribution in [0.1, 0.15) is 20.3 Å². The van der Waals surface area contributed by atoms with Crippen LogP contribution in [0.4, 0.5) is 8.78 Å². The number of amides is 1. The zero-order chi connectivity index (χ0) is 10.2. The van der Waals surface area contributed by atoms with Crippen molar-refractivity contribution in [1.29, 1.82) is 0 Å². The Kier molecular flexibility index (Phi) is 2.56. The van der Waals surface area contributed by atoms with Crippen molar-refractivity contribution in [3.8, 4) is 0 Å². The molecule has 1 aliphatic rings. The molecule has 0 aliphatic carbocycles. The van der Waals surface area contributed by atoms with Crippen molar-refractivity contribution in [2.45, 2.75) is 38.3 Å². The second-order valence-corrected chi connectivity index (χ2v) is 3.58. The van der Waals surface area contributed by atoms with E-state index in [2.05, 4.69) is 0 Å². The van der Waals surface area contributed by atoms with Crippen molar-refractivity contribution in [2.75, 3.05) is 6.54 Å². The molecule has 2 unspecified atom stereocenters. The minimum Gasteiger partial charge on any atom is -0.333 e. The van der Waals surface area contributed by atoms with E-state index in [1.54, 1.807) is 6.92 Å². The van der Waals surface area contributed by atoms with Crippen LogP contribution < -0.4 is 5.73 Å². The number of hydrogen-bond acceptors (Lipinski definition) is 2. The standard InChI is InChI=1S/C8H14F2N2O/c1-5-6(11)3-4-12(5)7(13)8(2,9)10/h5-6H,3-4,11H2,1-2H3. The molecule has 1 saturated heterocycles. The van der Waals surface area contributed by atoms with Gasteiger partial charge in [0.2, 0.25) is 0 Å². The smallest absolute Gasteiger partial charge is 0.322 e. The van der Waals surface area contributed by atoms with Gasteiger partial charge in [-0.25, -0.2) is 0 Å². The van der Waals surface area contributed by atoms with Crippen LogP contribution in [0, 0.1) is 0 Å². The highest BCUT2D eigenvalue weighted by atomic mass is 19.3. The molecule has 1 rings (SSSR count). The van der Waals surface area contributed by atoms with E-state index in [-0.39, 0.29) is 12.1 Å². The van der Waals surface area contributed by atoms with Crippen molar-refractivity contribution in [3.05, 3.63) is 0 Å². The van der Waals surface area contributed by atoms with Crippen LogP contribution in [0.25, 0.3) is 0 Å². The zero-order valence-corrected chi connectivity index (χ0v) is 7.76. The first-order valence-corrected chi connectivity index (χ1v) is 4.28. The summed E-state index contributed by atoms with van der Waals surface area (Å²) in [6.07, 6.45) is 0.600. The predicted octanol–water partition coefficient (Wildman–Crippen LogP) is 0.590. The molecular formula is C8H14F2N2O. The molecule has 0 radical (unpaired) electrons. The van der Waals surface area contributed by atoms with Gasteiger partial charge in [-0.2, -0.15) is 8.78 Å². The first kappa shape index (κ1) is 10.4. The average molecular weight is 192 g/mol. The quantitative estimate of drug-likeness (QED) is 0.661. The summed E-state index contributed by atoms with van der Waals surface area (Å²) in [5, 5.41) is 0. The topological polar surface area (TPSA) is 46.3 Å². The number of likely N-dealkylation sites (tertiary alicyclic amines) is 1. The molecule has 1 aliphatic heterocycles. The van der Waals surface area contributed by atoms with E-state index in [4.69, 9.17) is 5.73 Å². The van der Waals surface area contributed by atoms with Gasteiger partial charge >= 0.3 is 5.92 Å². The molecule has 1 amide bonds. The summed E-state index contributed by atoms with van der Waals surface area (Å²) in [4.78, 5) is 12.3. The molecule has 0 saturated carbocycles. The molecule has 0 aromatic carbocycles. The Bertz CT molecular complexity index is 215. The number of rotatable bonds is 1. The van der Waals surface area contributed by atoms with Gasteiger partial charge in [0, 0.05) is 25.6 Å². The highest BCUT2D eigenvalue weighted by Crippen LogP contribution is 2.23. The van der Waals surface area contributed by atoms with Crippen LogP contribution in [0.3, 0.4) is 0 Å². The van der Waals surface area contributed by atoms with Gasteiger partial charge in [0.05, 0.1) is 0 Å². The largest absolute Gasteiger partial charge is 0.333 e. The highest BCUT2D eigenvalue weighted by Gasteiger charge is 2.42. The molecular weight excluding hydrogens is 178 g/mol. The van der Waals surface area contributed by atoms with Crippen LogP contribution in [0.15, 0.2) is 0 Å². The molecule has 76 valence electrons. The number of alkyl halides is 2. The van der Waals surface area contributed by atoms with Gasteiger partial charge in [0.1, 0.15) is 0 Å². The maximum Gasteiger partial charge on any atom is 0.322 e. The Morgan fingerprint density at radius 3 is 2.46 bits per heavy atom. The Hall–Kier alpha value is -0.710. The van der Waals surface area contributed by atoms with Gasteiger partial charge in [-0.1, -0.05) is 0 Å². The molecule has 1 heterocycles. The SMILES string of the molecule is CC1C(N)CCN1C(=O)C(C)(F)F.